The average Bonchev–Trinajstić information content (AvgIpc) is 2.22. The molecule has 1 nitrogen and oxygen atoms in total. The zero-order valence-corrected chi connectivity index (χ0v) is 10.3. The van der Waals surface area contributed by atoms with Crippen molar-refractivity contribution in [1.82, 2.24) is 0 Å². The Bertz CT molecular complexity index is 314. The second-order valence-electron chi connectivity index (χ2n) is 3.41. The summed E-state index contributed by atoms with van der Waals surface area (Å²) in [5.74, 6) is -0.562. The van der Waals surface area contributed by atoms with Gasteiger partial charge in [0.25, 0.3) is 0 Å². The molecular formula is C11H14Cl2FN. The molecule has 0 fully saturated rings. The molecule has 0 radical (unpaired) electrons. The third-order valence-electron chi connectivity index (χ3n) is 2.34. The molecule has 0 heterocycles. The SMILES string of the molecule is CCC(CC)Nc1cc(Cl)c(F)c(Cl)c1. The van der Waals surface area contributed by atoms with E-state index in [0.717, 1.165) is 18.5 Å². The lowest BCUT2D eigenvalue weighted by molar-refractivity contribution is 0.628. The molecule has 0 aliphatic heterocycles. The van der Waals surface area contributed by atoms with Gasteiger partial charge in [-0.15, -0.1) is 0 Å². The predicted octanol–water partition coefficient (Wildman–Crippen LogP) is 4.73. The van der Waals surface area contributed by atoms with Crippen LogP contribution in [0.1, 0.15) is 26.7 Å². The monoisotopic (exact) mass is 249 g/mol. The summed E-state index contributed by atoms with van der Waals surface area (Å²) in [6, 6.07) is 3.48. The Morgan fingerprint density at radius 1 is 1.20 bits per heavy atom. The fourth-order valence-corrected chi connectivity index (χ4v) is 1.85. The van der Waals surface area contributed by atoms with Gasteiger partial charge in [0.05, 0.1) is 10.0 Å². The zero-order chi connectivity index (χ0) is 11.4. The summed E-state index contributed by atoms with van der Waals surface area (Å²) >= 11 is 11.4. The van der Waals surface area contributed by atoms with Crippen LogP contribution in [0, 0.1) is 5.82 Å². The van der Waals surface area contributed by atoms with Crippen molar-refractivity contribution in [3.8, 4) is 0 Å². The van der Waals surface area contributed by atoms with Crippen LogP contribution in [0.25, 0.3) is 0 Å². The van der Waals surface area contributed by atoms with Crippen molar-refractivity contribution in [3.63, 3.8) is 0 Å². The average molecular weight is 250 g/mol. The number of anilines is 1. The lowest BCUT2D eigenvalue weighted by Gasteiger charge is -2.16. The van der Waals surface area contributed by atoms with Crippen LogP contribution < -0.4 is 5.32 Å². The van der Waals surface area contributed by atoms with Crippen LogP contribution in [0.5, 0.6) is 0 Å². The first-order chi connectivity index (χ1) is 7.08. The number of halogens is 3. The van der Waals surface area contributed by atoms with Gasteiger partial charge in [-0.3, -0.25) is 0 Å². The van der Waals surface area contributed by atoms with Gasteiger partial charge in [-0.05, 0) is 25.0 Å². The molecule has 4 heteroatoms. The summed E-state index contributed by atoms with van der Waals surface area (Å²) in [5.41, 5.74) is 0.764. The number of rotatable bonds is 4. The smallest absolute Gasteiger partial charge is 0.160 e. The Morgan fingerprint density at radius 3 is 2.07 bits per heavy atom. The molecule has 0 spiro atoms. The summed E-state index contributed by atoms with van der Waals surface area (Å²) in [6.07, 6.45) is 2.01. The topological polar surface area (TPSA) is 12.0 Å². The van der Waals surface area contributed by atoms with E-state index in [9.17, 15) is 4.39 Å². The lowest BCUT2D eigenvalue weighted by atomic mass is 10.1. The molecule has 0 bridgehead atoms. The summed E-state index contributed by atoms with van der Waals surface area (Å²) in [5, 5.41) is 3.36. The molecule has 0 aromatic heterocycles. The normalized spacial score (nSPS) is 10.8. The van der Waals surface area contributed by atoms with E-state index in [1.165, 1.54) is 0 Å². The number of benzene rings is 1. The predicted molar refractivity (Wildman–Crippen MR) is 64.4 cm³/mol. The summed E-state index contributed by atoms with van der Waals surface area (Å²) in [6.45, 7) is 4.18. The van der Waals surface area contributed by atoms with Gasteiger partial charge in [0.2, 0.25) is 0 Å². The molecule has 1 aromatic carbocycles. The molecule has 0 atom stereocenters. The van der Waals surface area contributed by atoms with Gasteiger partial charge in [0.15, 0.2) is 5.82 Å². The Labute approximate surface area is 99.6 Å². The summed E-state index contributed by atoms with van der Waals surface area (Å²) in [4.78, 5) is 0. The summed E-state index contributed by atoms with van der Waals surface area (Å²) < 4.78 is 13.1. The van der Waals surface area contributed by atoms with Gasteiger partial charge < -0.3 is 5.32 Å². The quantitative estimate of drug-likeness (QED) is 0.761. The van der Waals surface area contributed by atoms with Gasteiger partial charge in [0, 0.05) is 11.7 Å². The first-order valence-corrected chi connectivity index (χ1v) is 5.75. The first kappa shape index (κ1) is 12.6. The third kappa shape index (κ3) is 3.25. The molecule has 0 amide bonds. The first-order valence-electron chi connectivity index (χ1n) is 4.99. The van der Waals surface area contributed by atoms with E-state index in [-0.39, 0.29) is 10.0 Å². The Balaban J connectivity index is 2.87. The largest absolute Gasteiger partial charge is 0.382 e. The maximum Gasteiger partial charge on any atom is 0.160 e. The van der Waals surface area contributed by atoms with Crippen molar-refractivity contribution in [2.24, 2.45) is 0 Å². The molecule has 1 N–H and O–H groups in total. The van der Waals surface area contributed by atoms with Crippen molar-refractivity contribution >= 4 is 28.9 Å². The fraction of sp³-hybridized carbons (Fsp3) is 0.455. The Kier molecular flexibility index (Phi) is 4.68. The highest BCUT2D eigenvalue weighted by atomic mass is 35.5. The van der Waals surface area contributed by atoms with Crippen molar-refractivity contribution in [1.29, 1.82) is 0 Å². The minimum absolute atomic E-state index is 0.0518. The van der Waals surface area contributed by atoms with Crippen molar-refractivity contribution < 1.29 is 4.39 Å². The van der Waals surface area contributed by atoms with Crippen LogP contribution in [-0.4, -0.2) is 6.04 Å². The molecule has 0 saturated heterocycles. The highest BCUT2D eigenvalue weighted by Gasteiger charge is 2.09. The molecule has 15 heavy (non-hydrogen) atoms. The van der Waals surface area contributed by atoms with Crippen LogP contribution in [-0.2, 0) is 0 Å². The minimum atomic E-state index is -0.562. The molecular weight excluding hydrogens is 236 g/mol. The van der Waals surface area contributed by atoms with Gasteiger partial charge in [-0.2, -0.15) is 0 Å². The van der Waals surface area contributed by atoms with Crippen LogP contribution in [0.3, 0.4) is 0 Å². The third-order valence-corrected chi connectivity index (χ3v) is 2.89. The Hall–Kier alpha value is -0.470. The van der Waals surface area contributed by atoms with Crippen LogP contribution in [0.4, 0.5) is 10.1 Å². The van der Waals surface area contributed by atoms with E-state index in [4.69, 9.17) is 23.2 Å². The molecule has 1 aromatic rings. The molecule has 1 rings (SSSR count). The molecule has 0 aliphatic rings. The number of hydrogen-bond acceptors (Lipinski definition) is 1. The van der Waals surface area contributed by atoms with Gasteiger partial charge in [-0.1, -0.05) is 37.0 Å². The van der Waals surface area contributed by atoms with Gasteiger partial charge in [-0.25, -0.2) is 4.39 Å². The van der Waals surface area contributed by atoms with E-state index < -0.39 is 5.82 Å². The van der Waals surface area contributed by atoms with Crippen molar-refractivity contribution in [2.45, 2.75) is 32.7 Å². The molecule has 0 saturated carbocycles. The Morgan fingerprint density at radius 2 is 1.67 bits per heavy atom. The van der Waals surface area contributed by atoms with Crippen LogP contribution in [0.2, 0.25) is 10.0 Å². The fourth-order valence-electron chi connectivity index (χ4n) is 1.37. The second-order valence-corrected chi connectivity index (χ2v) is 4.23. The zero-order valence-electron chi connectivity index (χ0n) is 8.78. The molecule has 84 valence electrons. The van der Waals surface area contributed by atoms with Crippen molar-refractivity contribution in [3.05, 3.63) is 28.0 Å². The molecule has 0 aliphatic carbocycles. The van der Waals surface area contributed by atoms with E-state index in [0.29, 0.717) is 6.04 Å². The number of hydrogen-bond donors (Lipinski definition) is 1. The van der Waals surface area contributed by atoms with E-state index >= 15 is 0 Å². The maximum atomic E-state index is 13.1. The van der Waals surface area contributed by atoms with E-state index in [1.807, 2.05) is 0 Å². The van der Waals surface area contributed by atoms with Gasteiger partial charge >= 0.3 is 0 Å². The summed E-state index contributed by atoms with van der Waals surface area (Å²) in [7, 11) is 0. The van der Waals surface area contributed by atoms with Gasteiger partial charge in [0.1, 0.15) is 0 Å². The molecule has 0 unspecified atom stereocenters. The van der Waals surface area contributed by atoms with E-state index in [2.05, 4.69) is 19.2 Å². The number of nitrogens with one attached hydrogen (secondary N) is 1. The highest BCUT2D eigenvalue weighted by Crippen LogP contribution is 2.28. The lowest BCUT2D eigenvalue weighted by Crippen LogP contribution is -2.16. The van der Waals surface area contributed by atoms with Crippen molar-refractivity contribution in [2.75, 3.05) is 5.32 Å². The van der Waals surface area contributed by atoms with Crippen LogP contribution >= 0.6 is 23.2 Å². The highest BCUT2D eigenvalue weighted by molar-refractivity contribution is 6.35. The van der Waals surface area contributed by atoms with Crippen LogP contribution in [0.15, 0.2) is 12.1 Å². The minimum Gasteiger partial charge on any atom is -0.382 e. The maximum absolute atomic E-state index is 13.1. The second kappa shape index (κ2) is 5.57. The standard InChI is InChI=1S/C11H14Cl2FN/c1-3-7(4-2)15-8-5-9(12)11(14)10(13)6-8/h5-7,15H,3-4H2,1-2H3. The van der Waals surface area contributed by atoms with E-state index in [1.54, 1.807) is 12.1 Å².